The molecule has 1 amide bonds. The van der Waals surface area contributed by atoms with Crippen molar-refractivity contribution in [2.24, 2.45) is 0 Å². The average molecular weight is 240 g/mol. The fourth-order valence-corrected chi connectivity index (χ4v) is 1.82. The van der Waals surface area contributed by atoms with Crippen molar-refractivity contribution in [3.05, 3.63) is 60.4 Å². The Bertz CT molecular complexity index is 496. The van der Waals surface area contributed by atoms with Crippen molar-refractivity contribution in [3.8, 4) is 0 Å². The van der Waals surface area contributed by atoms with E-state index in [4.69, 9.17) is 0 Å². The molecule has 18 heavy (non-hydrogen) atoms. The Kier molecular flexibility index (Phi) is 4.07. The highest BCUT2D eigenvalue weighted by atomic mass is 16.1. The largest absolute Gasteiger partial charge is 0.326 e. The first kappa shape index (κ1) is 12.3. The Morgan fingerprint density at radius 2 is 1.83 bits per heavy atom. The van der Waals surface area contributed by atoms with Crippen molar-refractivity contribution < 1.29 is 4.79 Å². The van der Waals surface area contributed by atoms with Crippen molar-refractivity contribution in [1.82, 2.24) is 4.98 Å². The molecule has 0 unspecified atom stereocenters. The van der Waals surface area contributed by atoms with Crippen molar-refractivity contribution >= 4 is 11.6 Å². The molecule has 1 N–H and O–H groups in total. The zero-order valence-corrected chi connectivity index (χ0v) is 10.3. The summed E-state index contributed by atoms with van der Waals surface area (Å²) in [6.07, 6.45) is 3.80. The van der Waals surface area contributed by atoms with Gasteiger partial charge in [-0.25, -0.2) is 0 Å². The Labute approximate surface area is 107 Å². The second kappa shape index (κ2) is 5.96. The van der Waals surface area contributed by atoms with Gasteiger partial charge in [-0.1, -0.05) is 37.3 Å². The topological polar surface area (TPSA) is 42.0 Å². The van der Waals surface area contributed by atoms with Crippen LogP contribution in [0.3, 0.4) is 0 Å². The predicted octanol–water partition coefficient (Wildman–Crippen LogP) is 3.21. The molecular formula is C15H16N2O. The summed E-state index contributed by atoms with van der Waals surface area (Å²) < 4.78 is 0. The van der Waals surface area contributed by atoms with Crippen LogP contribution in [-0.4, -0.2) is 10.9 Å². The van der Waals surface area contributed by atoms with E-state index in [0.29, 0.717) is 6.42 Å². The van der Waals surface area contributed by atoms with Gasteiger partial charge in [0.2, 0.25) is 5.91 Å². The number of hydrogen-bond acceptors (Lipinski definition) is 2. The van der Waals surface area contributed by atoms with Crippen LogP contribution in [0.5, 0.6) is 0 Å². The Morgan fingerprint density at radius 1 is 1.17 bits per heavy atom. The fraction of sp³-hybridized carbons (Fsp3) is 0.200. The van der Waals surface area contributed by atoms with Gasteiger partial charge < -0.3 is 5.32 Å². The molecule has 0 radical (unpaired) electrons. The van der Waals surface area contributed by atoms with Gasteiger partial charge in [-0.2, -0.15) is 0 Å². The highest BCUT2D eigenvalue weighted by Crippen LogP contribution is 2.19. The van der Waals surface area contributed by atoms with Crippen LogP contribution in [0.25, 0.3) is 0 Å². The van der Waals surface area contributed by atoms with E-state index in [0.717, 1.165) is 5.69 Å². The molecule has 0 fully saturated rings. The minimum absolute atomic E-state index is 0.0255. The molecule has 1 aromatic heterocycles. The van der Waals surface area contributed by atoms with Gasteiger partial charge >= 0.3 is 0 Å². The van der Waals surface area contributed by atoms with Gasteiger partial charge in [0.15, 0.2) is 0 Å². The van der Waals surface area contributed by atoms with Gasteiger partial charge in [0.25, 0.3) is 0 Å². The lowest BCUT2D eigenvalue weighted by molar-refractivity contribution is -0.116. The number of rotatable bonds is 4. The summed E-state index contributed by atoms with van der Waals surface area (Å²) in [7, 11) is 0. The predicted molar refractivity (Wildman–Crippen MR) is 72.3 cm³/mol. The van der Waals surface area contributed by atoms with Crippen LogP contribution in [0.15, 0.2) is 54.9 Å². The second-order valence-electron chi connectivity index (χ2n) is 4.30. The summed E-state index contributed by atoms with van der Waals surface area (Å²) in [4.78, 5) is 15.8. The van der Waals surface area contributed by atoms with Crippen LogP contribution in [0.1, 0.15) is 24.8 Å². The quantitative estimate of drug-likeness (QED) is 0.891. The Morgan fingerprint density at radius 3 is 2.50 bits per heavy atom. The number of nitrogens with zero attached hydrogens (tertiary/aromatic N) is 1. The lowest BCUT2D eigenvalue weighted by Gasteiger charge is -2.11. The summed E-state index contributed by atoms with van der Waals surface area (Å²) in [5, 5.41) is 2.86. The standard InChI is InChI=1S/C15H16N2O/c1-12(13-5-3-2-4-6-13)11-15(18)17-14-7-9-16-10-8-14/h2-10,12H,11H2,1H3,(H,16,17,18)/t12-/m1/s1. The van der Waals surface area contributed by atoms with E-state index in [1.807, 2.05) is 30.3 Å². The van der Waals surface area contributed by atoms with Crippen LogP contribution < -0.4 is 5.32 Å². The van der Waals surface area contributed by atoms with Gasteiger partial charge in [0, 0.05) is 24.5 Å². The van der Waals surface area contributed by atoms with E-state index in [1.54, 1.807) is 24.5 Å². The molecule has 1 aromatic carbocycles. The van der Waals surface area contributed by atoms with Crippen molar-refractivity contribution in [3.63, 3.8) is 0 Å². The molecule has 0 aliphatic heterocycles. The number of carbonyl (C=O) groups is 1. The zero-order valence-electron chi connectivity index (χ0n) is 10.3. The zero-order chi connectivity index (χ0) is 12.8. The fourth-order valence-electron chi connectivity index (χ4n) is 1.82. The number of pyridine rings is 1. The summed E-state index contributed by atoms with van der Waals surface area (Å²) >= 11 is 0. The van der Waals surface area contributed by atoms with Crippen LogP contribution in [0.2, 0.25) is 0 Å². The number of amides is 1. The molecule has 1 atom stereocenters. The number of benzene rings is 1. The van der Waals surface area contributed by atoms with E-state index in [1.165, 1.54) is 5.56 Å². The van der Waals surface area contributed by atoms with Crippen molar-refractivity contribution in [2.75, 3.05) is 5.32 Å². The third-order valence-electron chi connectivity index (χ3n) is 2.82. The lowest BCUT2D eigenvalue weighted by atomic mass is 9.97. The molecule has 3 nitrogen and oxygen atoms in total. The third kappa shape index (κ3) is 3.42. The van der Waals surface area contributed by atoms with Gasteiger partial charge in [0.05, 0.1) is 0 Å². The molecule has 0 bridgehead atoms. The molecule has 2 rings (SSSR count). The molecule has 92 valence electrons. The smallest absolute Gasteiger partial charge is 0.224 e. The molecule has 3 heteroatoms. The molecule has 0 spiro atoms. The number of nitrogens with one attached hydrogen (secondary N) is 1. The highest BCUT2D eigenvalue weighted by molar-refractivity contribution is 5.91. The minimum Gasteiger partial charge on any atom is -0.326 e. The first-order valence-corrected chi connectivity index (χ1v) is 6.00. The van der Waals surface area contributed by atoms with E-state index < -0.39 is 0 Å². The van der Waals surface area contributed by atoms with E-state index in [9.17, 15) is 4.79 Å². The summed E-state index contributed by atoms with van der Waals surface area (Å²) in [6.45, 7) is 2.06. The first-order valence-electron chi connectivity index (χ1n) is 6.00. The number of aromatic nitrogens is 1. The minimum atomic E-state index is 0.0255. The third-order valence-corrected chi connectivity index (χ3v) is 2.82. The van der Waals surface area contributed by atoms with E-state index >= 15 is 0 Å². The Balaban J connectivity index is 1.92. The maximum Gasteiger partial charge on any atom is 0.224 e. The summed E-state index contributed by atoms with van der Waals surface area (Å²) in [6, 6.07) is 13.6. The number of anilines is 1. The molecular weight excluding hydrogens is 224 g/mol. The van der Waals surface area contributed by atoms with Crippen LogP contribution in [-0.2, 0) is 4.79 Å². The molecule has 0 aliphatic carbocycles. The monoisotopic (exact) mass is 240 g/mol. The number of carbonyl (C=O) groups excluding carboxylic acids is 1. The van der Waals surface area contributed by atoms with Crippen molar-refractivity contribution in [2.45, 2.75) is 19.3 Å². The normalized spacial score (nSPS) is 11.8. The Hall–Kier alpha value is -2.16. The van der Waals surface area contributed by atoms with Crippen molar-refractivity contribution in [1.29, 1.82) is 0 Å². The van der Waals surface area contributed by atoms with E-state index in [2.05, 4.69) is 17.2 Å². The molecule has 0 aliphatic rings. The SMILES string of the molecule is C[C@H](CC(=O)Nc1ccncc1)c1ccccc1. The summed E-state index contributed by atoms with van der Waals surface area (Å²) in [5.41, 5.74) is 1.97. The highest BCUT2D eigenvalue weighted by Gasteiger charge is 2.10. The molecule has 0 saturated carbocycles. The average Bonchev–Trinajstić information content (AvgIpc) is 2.40. The van der Waals surface area contributed by atoms with Crippen LogP contribution in [0, 0.1) is 0 Å². The molecule has 0 saturated heterocycles. The van der Waals surface area contributed by atoms with Crippen LogP contribution >= 0.6 is 0 Å². The van der Waals surface area contributed by atoms with Crippen LogP contribution in [0.4, 0.5) is 5.69 Å². The van der Waals surface area contributed by atoms with Gasteiger partial charge in [-0.05, 0) is 23.6 Å². The lowest BCUT2D eigenvalue weighted by Crippen LogP contribution is -2.14. The number of hydrogen-bond donors (Lipinski definition) is 1. The molecule has 2 aromatic rings. The van der Waals surface area contributed by atoms with E-state index in [-0.39, 0.29) is 11.8 Å². The second-order valence-corrected chi connectivity index (χ2v) is 4.30. The maximum atomic E-state index is 11.9. The molecule has 1 heterocycles. The van der Waals surface area contributed by atoms with Gasteiger partial charge in [-0.15, -0.1) is 0 Å². The first-order chi connectivity index (χ1) is 8.75. The van der Waals surface area contributed by atoms with Gasteiger partial charge in [0.1, 0.15) is 0 Å². The maximum absolute atomic E-state index is 11.9. The van der Waals surface area contributed by atoms with Gasteiger partial charge in [-0.3, -0.25) is 9.78 Å². The summed E-state index contributed by atoms with van der Waals surface area (Å²) in [5.74, 6) is 0.241.